The van der Waals surface area contributed by atoms with Crippen LogP contribution in [0.3, 0.4) is 0 Å². The predicted molar refractivity (Wildman–Crippen MR) is 96.5 cm³/mol. The molecule has 130 valence electrons. The largest absolute Gasteiger partial charge is 0.381 e. The number of hydrogen-bond acceptors (Lipinski definition) is 4. The van der Waals surface area contributed by atoms with Crippen molar-refractivity contribution in [1.29, 1.82) is 0 Å². The van der Waals surface area contributed by atoms with Crippen LogP contribution in [0.1, 0.15) is 18.4 Å². The Hall–Kier alpha value is -0.850. The van der Waals surface area contributed by atoms with Gasteiger partial charge in [-0.25, -0.2) is 0 Å². The molecule has 1 amide bonds. The van der Waals surface area contributed by atoms with Crippen LogP contribution in [-0.2, 0) is 9.53 Å². The molecule has 3 N–H and O–H groups in total. The van der Waals surface area contributed by atoms with Crippen molar-refractivity contribution in [3.8, 4) is 0 Å². The molecule has 0 spiro atoms. The van der Waals surface area contributed by atoms with Crippen LogP contribution in [-0.4, -0.2) is 49.7 Å². The highest BCUT2D eigenvalue weighted by Gasteiger charge is 2.28. The summed E-state index contributed by atoms with van der Waals surface area (Å²) in [5.41, 5.74) is 7.54. The minimum atomic E-state index is -0.0694. The average Bonchev–Trinajstić information content (AvgIpc) is 2.50. The molecule has 0 radical (unpaired) electrons. The number of amides is 1. The molecule has 0 saturated carbocycles. The van der Waals surface area contributed by atoms with Gasteiger partial charge in [0.1, 0.15) is 0 Å². The zero-order chi connectivity index (χ0) is 16.1. The van der Waals surface area contributed by atoms with Crippen molar-refractivity contribution in [3.05, 3.63) is 28.8 Å². The van der Waals surface area contributed by atoms with Crippen molar-refractivity contribution in [2.45, 2.75) is 31.9 Å². The van der Waals surface area contributed by atoms with E-state index in [-0.39, 0.29) is 30.5 Å². The van der Waals surface area contributed by atoms with Crippen molar-refractivity contribution in [2.24, 2.45) is 5.73 Å². The predicted octanol–water partition coefficient (Wildman–Crippen LogP) is 2.45. The lowest BCUT2D eigenvalue weighted by Gasteiger charge is -2.37. The molecule has 0 aromatic heterocycles. The van der Waals surface area contributed by atoms with Crippen LogP contribution < -0.4 is 11.1 Å². The van der Waals surface area contributed by atoms with E-state index in [0.29, 0.717) is 23.8 Å². The second-order valence-corrected chi connectivity index (χ2v) is 6.18. The molecule has 1 heterocycles. The number of carbonyl (C=O) groups excluding carboxylic acids is 1. The fourth-order valence-electron chi connectivity index (χ4n) is 2.83. The van der Waals surface area contributed by atoms with Gasteiger partial charge in [-0.15, -0.1) is 12.4 Å². The van der Waals surface area contributed by atoms with Crippen molar-refractivity contribution in [1.82, 2.24) is 4.90 Å². The Bertz CT molecular complexity index is 528. The number of rotatable bonds is 5. The van der Waals surface area contributed by atoms with Gasteiger partial charge >= 0.3 is 0 Å². The monoisotopic (exact) mass is 361 g/mol. The Kier molecular flexibility index (Phi) is 8.29. The number of piperidine rings is 1. The Morgan fingerprint density at radius 1 is 1.52 bits per heavy atom. The highest BCUT2D eigenvalue weighted by molar-refractivity contribution is 6.33. The first-order chi connectivity index (χ1) is 10.5. The van der Waals surface area contributed by atoms with Crippen molar-refractivity contribution in [2.75, 3.05) is 32.1 Å². The molecular formula is C16H25Cl2N3O2. The number of nitrogens with one attached hydrogen (secondary N) is 1. The molecule has 5 nitrogen and oxygen atoms in total. The lowest BCUT2D eigenvalue weighted by atomic mass is 9.99. The Balaban J connectivity index is 0.00000264. The van der Waals surface area contributed by atoms with Crippen LogP contribution in [0.2, 0.25) is 5.02 Å². The third kappa shape index (κ3) is 5.62. The number of methoxy groups -OCH3 is 1. The van der Waals surface area contributed by atoms with E-state index in [1.807, 2.05) is 25.1 Å². The summed E-state index contributed by atoms with van der Waals surface area (Å²) in [5, 5.41) is 3.43. The first kappa shape index (κ1) is 20.2. The standard InChI is InChI=1S/C16H24ClN3O2.ClH/c1-11-3-4-15(14(17)7-11)19-16(21)10-20-6-5-13(22-2)8-12(20)9-18;/h3-4,7,12-13H,5-6,8-10,18H2,1-2H3,(H,19,21);1H. The maximum Gasteiger partial charge on any atom is 0.238 e. The number of carbonyl (C=O) groups is 1. The number of nitrogens with zero attached hydrogens (tertiary/aromatic N) is 1. The van der Waals surface area contributed by atoms with Gasteiger partial charge in [0.2, 0.25) is 5.91 Å². The van der Waals surface area contributed by atoms with E-state index >= 15 is 0 Å². The van der Waals surface area contributed by atoms with E-state index in [9.17, 15) is 4.79 Å². The molecule has 1 aliphatic rings. The summed E-state index contributed by atoms with van der Waals surface area (Å²) in [6.45, 7) is 3.62. The van der Waals surface area contributed by atoms with E-state index in [4.69, 9.17) is 22.1 Å². The third-order valence-electron chi connectivity index (χ3n) is 4.14. The summed E-state index contributed by atoms with van der Waals surface area (Å²) in [7, 11) is 1.72. The second kappa shape index (κ2) is 9.45. The van der Waals surface area contributed by atoms with Crippen molar-refractivity contribution >= 4 is 35.6 Å². The molecule has 7 heteroatoms. The second-order valence-electron chi connectivity index (χ2n) is 5.77. The van der Waals surface area contributed by atoms with Crippen LogP contribution >= 0.6 is 24.0 Å². The van der Waals surface area contributed by atoms with Crippen LogP contribution in [0, 0.1) is 6.92 Å². The van der Waals surface area contributed by atoms with Gasteiger partial charge in [0, 0.05) is 26.2 Å². The van der Waals surface area contributed by atoms with Gasteiger partial charge in [0.05, 0.1) is 23.4 Å². The summed E-state index contributed by atoms with van der Waals surface area (Å²) in [6, 6.07) is 5.77. The lowest BCUT2D eigenvalue weighted by Crippen LogP contribution is -2.50. The zero-order valence-electron chi connectivity index (χ0n) is 13.5. The van der Waals surface area contributed by atoms with Crippen LogP contribution in [0.5, 0.6) is 0 Å². The molecule has 23 heavy (non-hydrogen) atoms. The number of likely N-dealkylation sites (tertiary alicyclic amines) is 1. The molecule has 1 aromatic carbocycles. The lowest BCUT2D eigenvalue weighted by molar-refractivity contribution is -0.118. The molecule has 2 rings (SSSR count). The molecule has 1 aliphatic heterocycles. The Morgan fingerprint density at radius 3 is 2.87 bits per heavy atom. The minimum Gasteiger partial charge on any atom is -0.381 e. The fourth-order valence-corrected chi connectivity index (χ4v) is 3.11. The SMILES string of the molecule is COC1CCN(CC(=O)Nc2ccc(C)cc2Cl)C(CN)C1.Cl. The van der Waals surface area contributed by atoms with E-state index < -0.39 is 0 Å². The van der Waals surface area contributed by atoms with Crippen LogP contribution in [0.4, 0.5) is 5.69 Å². The quantitative estimate of drug-likeness (QED) is 0.844. The van der Waals surface area contributed by atoms with Gasteiger partial charge in [-0.3, -0.25) is 9.69 Å². The van der Waals surface area contributed by atoms with Crippen LogP contribution in [0.25, 0.3) is 0 Å². The molecule has 2 atom stereocenters. The van der Waals surface area contributed by atoms with Crippen molar-refractivity contribution < 1.29 is 9.53 Å². The zero-order valence-corrected chi connectivity index (χ0v) is 15.1. The van der Waals surface area contributed by atoms with E-state index in [1.54, 1.807) is 7.11 Å². The fraction of sp³-hybridized carbons (Fsp3) is 0.562. The topological polar surface area (TPSA) is 67.6 Å². The highest BCUT2D eigenvalue weighted by atomic mass is 35.5. The number of hydrogen-bond donors (Lipinski definition) is 2. The molecule has 1 fully saturated rings. The van der Waals surface area contributed by atoms with E-state index in [0.717, 1.165) is 24.9 Å². The maximum atomic E-state index is 12.2. The number of nitrogens with two attached hydrogens (primary N) is 1. The third-order valence-corrected chi connectivity index (χ3v) is 4.45. The van der Waals surface area contributed by atoms with Gasteiger partial charge in [-0.05, 0) is 37.5 Å². The summed E-state index contributed by atoms with van der Waals surface area (Å²) in [5.74, 6) is -0.0694. The summed E-state index contributed by atoms with van der Waals surface area (Å²) < 4.78 is 5.40. The average molecular weight is 362 g/mol. The summed E-state index contributed by atoms with van der Waals surface area (Å²) in [4.78, 5) is 14.4. The molecule has 2 unspecified atom stereocenters. The molecule has 1 saturated heterocycles. The normalized spacial score (nSPS) is 21.6. The van der Waals surface area contributed by atoms with Crippen LogP contribution in [0.15, 0.2) is 18.2 Å². The number of halogens is 2. The molecule has 1 aromatic rings. The summed E-state index contributed by atoms with van der Waals surface area (Å²) >= 11 is 6.15. The van der Waals surface area contributed by atoms with Crippen molar-refractivity contribution in [3.63, 3.8) is 0 Å². The van der Waals surface area contributed by atoms with E-state index in [1.165, 1.54) is 0 Å². The maximum absolute atomic E-state index is 12.2. The number of ether oxygens (including phenoxy) is 1. The van der Waals surface area contributed by atoms with Gasteiger partial charge < -0.3 is 15.8 Å². The first-order valence-electron chi connectivity index (χ1n) is 7.56. The highest BCUT2D eigenvalue weighted by Crippen LogP contribution is 2.23. The van der Waals surface area contributed by atoms with Gasteiger partial charge in [0.25, 0.3) is 0 Å². The first-order valence-corrected chi connectivity index (χ1v) is 7.94. The molecule has 0 bridgehead atoms. The number of aryl methyl sites for hydroxylation is 1. The smallest absolute Gasteiger partial charge is 0.238 e. The number of anilines is 1. The van der Waals surface area contributed by atoms with Gasteiger partial charge in [-0.2, -0.15) is 0 Å². The van der Waals surface area contributed by atoms with E-state index in [2.05, 4.69) is 10.2 Å². The number of benzene rings is 1. The molecular weight excluding hydrogens is 337 g/mol. The Labute approximate surface area is 148 Å². The van der Waals surface area contributed by atoms with Gasteiger partial charge in [-0.1, -0.05) is 17.7 Å². The summed E-state index contributed by atoms with van der Waals surface area (Å²) in [6.07, 6.45) is 2.02. The molecule has 0 aliphatic carbocycles. The Morgan fingerprint density at radius 2 is 2.26 bits per heavy atom. The minimum absolute atomic E-state index is 0. The van der Waals surface area contributed by atoms with Gasteiger partial charge in [0.15, 0.2) is 0 Å².